The second-order valence-electron chi connectivity index (χ2n) is 7.21. The van der Waals surface area contributed by atoms with Gasteiger partial charge in [-0.3, -0.25) is 14.8 Å². The molecule has 0 saturated heterocycles. The van der Waals surface area contributed by atoms with Crippen molar-refractivity contribution in [1.82, 2.24) is 25.0 Å². The molecular formula is C24H23N5O3. The van der Waals surface area contributed by atoms with Gasteiger partial charge >= 0.3 is 0 Å². The number of amides is 1. The number of methoxy groups -OCH3 is 1. The number of hydrogen-bond acceptors (Lipinski definition) is 7. The van der Waals surface area contributed by atoms with Gasteiger partial charge in [0.1, 0.15) is 5.75 Å². The van der Waals surface area contributed by atoms with Gasteiger partial charge in [0.15, 0.2) is 0 Å². The highest BCUT2D eigenvalue weighted by molar-refractivity contribution is 5.76. The Morgan fingerprint density at radius 3 is 2.47 bits per heavy atom. The van der Waals surface area contributed by atoms with Gasteiger partial charge in [-0.1, -0.05) is 11.2 Å². The van der Waals surface area contributed by atoms with Crippen LogP contribution in [0.15, 0.2) is 77.8 Å². The Bertz CT molecular complexity index is 1090. The highest BCUT2D eigenvalue weighted by atomic mass is 16.5. The van der Waals surface area contributed by atoms with E-state index in [1.54, 1.807) is 36.8 Å². The normalized spacial score (nSPS) is 10.7. The van der Waals surface area contributed by atoms with E-state index in [4.69, 9.17) is 9.26 Å². The minimum atomic E-state index is -0.00476. The van der Waals surface area contributed by atoms with E-state index in [9.17, 15) is 4.79 Å². The molecule has 0 saturated carbocycles. The molecule has 0 spiro atoms. The molecule has 1 amide bonds. The van der Waals surface area contributed by atoms with Crippen LogP contribution in [0.1, 0.15) is 23.4 Å². The standard InChI is InChI=1S/C24H23N5O3/c1-31-21-6-4-20(5-7-21)24-27-22(32-28-24)8-9-23(30)29(16-18-10-13-25-14-11-18)17-19-3-2-12-26-15-19/h2-7,10-15H,8-9,16-17H2,1H3. The zero-order chi connectivity index (χ0) is 22.2. The highest BCUT2D eigenvalue weighted by Gasteiger charge is 2.17. The van der Waals surface area contributed by atoms with Crippen molar-refractivity contribution in [2.75, 3.05) is 7.11 Å². The summed E-state index contributed by atoms with van der Waals surface area (Å²) in [4.78, 5) is 27.5. The van der Waals surface area contributed by atoms with Crippen molar-refractivity contribution in [1.29, 1.82) is 0 Å². The summed E-state index contributed by atoms with van der Waals surface area (Å²) in [5, 5.41) is 4.03. The third-order valence-electron chi connectivity index (χ3n) is 4.94. The number of carbonyl (C=O) groups is 1. The Morgan fingerprint density at radius 2 is 1.75 bits per heavy atom. The van der Waals surface area contributed by atoms with E-state index in [0.717, 1.165) is 22.4 Å². The molecule has 0 unspecified atom stereocenters. The first-order valence-electron chi connectivity index (χ1n) is 10.2. The molecular weight excluding hydrogens is 406 g/mol. The van der Waals surface area contributed by atoms with Crippen LogP contribution < -0.4 is 4.74 Å². The van der Waals surface area contributed by atoms with Crippen molar-refractivity contribution in [3.05, 3.63) is 90.3 Å². The van der Waals surface area contributed by atoms with Gasteiger partial charge in [0, 0.05) is 56.3 Å². The second-order valence-corrected chi connectivity index (χ2v) is 7.21. The molecule has 8 heteroatoms. The lowest BCUT2D eigenvalue weighted by Crippen LogP contribution is -2.30. The molecule has 162 valence electrons. The Kier molecular flexibility index (Phi) is 6.81. The Morgan fingerprint density at radius 1 is 0.969 bits per heavy atom. The Labute approximate surface area is 185 Å². The molecule has 0 fully saturated rings. The molecule has 0 N–H and O–H groups in total. The maximum Gasteiger partial charge on any atom is 0.227 e. The molecule has 32 heavy (non-hydrogen) atoms. The van der Waals surface area contributed by atoms with Crippen molar-refractivity contribution < 1.29 is 14.1 Å². The van der Waals surface area contributed by atoms with Gasteiger partial charge in [0.2, 0.25) is 17.6 Å². The first-order valence-corrected chi connectivity index (χ1v) is 10.2. The largest absolute Gasteiger partial charge is 0.497 e. The second kappa shape index (κ2) is 10.3. The molecule has 0 atom stereocenters. The van der Waals surface area contributed by atoms with Gasteiger partial charge in [0.25, 0.3) is 0 Å². The maximum absolute atomic E-state index is 13.1. The number of nitrogens with zero attached hydrogens (tertiary/aromatic N) is 5. The van der Waals surface area contributed by atoms with Gasteiger partial charge < -0.3 is 14.2 Å². The fourth-order valence-electron chi connectivity index (χ4n) is 3.24. The van der Waals surface area contributed by atoms with Gasteiger partial charge in [0.05, 0.1) is 7.11 Å². The monoisotopic (exact) mass is 429 g/mol. The van der Waals surface area contributed by atoms with Crippen LogP contribution in [0.25, 0.3) is 11.4 Å². The molecule has 3 aromatic heterocycles. The lowest BCUT2D eigenvalue weighted by molar-refractivity contribution is -0.132. The zero-order valence-corrected chi connectivity index (χ0v) is 17.7. The molecule has 8 nitrogen and oxygen atoms in total. The van der Waals surface area contributed by atoms with Crippen LogP contribution in [0.5, 0.6) is 5.75 Å². The van der Waals surface area contributed by atoms with Gasteiger partial charge in [-0.15, -0.1) is 0 Å². The van der Waals surface area contributed by atoms with Crippen LogP contribution in [0.4, 0.5) is 0 Å². The van der Waals surface area contributed by atoms with Crippen LogP contribution in [-0.2, 0) is 24.3 Å². The average molecular weight is 429 g/mol. The van der Waals surface area contributed by atoms with Crippen molar-refractivity contribution >= 4 is 5.91 Å². The summed E-state index contributed by atoms with van der Waals surface area (Å²) in [5.41, 5.74) is 2.80. The predicted octanol–water partition coefficient (Wildman–Crippen LogP) is 3.70. The number of aryl methyl sites for hydroxylation is 1. The summed E-state index contributed by atoms with van der Waals surface area (Å²) in [7, 11) is 1.62. The smallest absolute Gasteiger partial charge is 0.227 e. The number of aromatic nitrogens is 4. The number of benzene rings is 1. The quantitative estimate of drug-likeness (QED) is 0.400. The molecule has 0 aliphatic rings. The van der Waals surface area contributed by atoms with Crippen LogP contribution in [-0.4, -0.2) is 38.0 Å². The fourth-order valence-corrected chi connectivity index (χ4v) is 3.24. The summed E-state index contributed by atoms with van der Waals surface area (Å²) in [6.45, 7) is 0.951. The van der Waals surface area contributed by atoms with Gasteiger partial charge in [-0.2, -0.15) is 4.98 Å². The van der Waals surface area contributed by atoms with E-state index in [2.05, 4.69) is 20.1 Å². The number of pyridine rings is 2. The van der Waals surface area contributed by atoms with Crippen LogP contribution in [0.2, 0.25) is 0 Å². The molecule has 0 bridgehead atoms. The van der Waals surface area contributed by atoms with Crippen molar-refractivity contribution in [3.8, 4) is 17.1 Å². The molecule has 4 rings (SSSR count). The first kappa shape index (κ1) is 21.2. The highest BCUT2D eigenvalue weighted by Crippen LogP contribution is 2.20. The van der Waals surface area contributed by atoms with Crippen LogP contribution in [0, 0.1) is 0 Å². The number of carbonyl (C=O) groups excluding carboxylic acids is 1. The Hall–Kier alpha value is -4.07. The topological polar surface area (TPSA) is 94.2 Å². The van der Waals surface area contributed by atoms with E-state index in [1.807, 2.05) is 48.5 Å². The molecule has 0 aliphatic carbocycles. The average Bonchev–Trinajstić information content (AvgIpc) is 3.32. The minimum absolute atomic E-state index is 0.00476. The third-order valence-corrected chi connectivity index (χ3v) is 4.94. The molecule has 0 radical (unpaired) electrons. The number of rotatable bonds is 9. The van der Waals surface area contributed by atoms with E-state index in [0.29, 0.717) is 31.2 Å². The van der Waals surface area contributed by atoms with E-state index < -0.39 is 0 Å². The molecule has 3 heterocycles. The summed E-state index contributed by atoms with van der Waals surface area (Å²) in [6, 6.07) is 15.0. The SMILES string of the molecule is COc1ccc(-c2noc(CCC(=O)N(Cc3ccncc3)Cc3cccnc3)n2)cc1. The summed E-state index contributed by atoms with van der Waals surface area (Å²) in [6.07, 6.45) is 7.56. The zero-order valence-electron chi connectivity index (χ0n) is 17.7. The first-order chi connectivity index (χ1) is 15.7. The fraction of sp³-hybridized carbons (Fsp3) is 0.208. The summed E-state index contributed by atoms with van der Waals surface area (Å²) in [5.74, 6) is 1.66. The third kappa shape index (κ3) is 5.54. The van der Waals surface area contributed by atoms with Crippen LogP contribution >= 0.6 is 0 Å². The van der Waals surface area contributed by atoms with Gasteiger partial charge in [-0.25, -0.2) is 0 Å². The number of hydrogen-bond donors (Lipinski definition) is 0. The van der Waals surface area contributed by atoms with E-state index in [1.165, 1.54) is 0 Å². The van der Waals surface area contributed by atoms with Crippen molar-refractivity contribution in [2.45, 2.75) is 25.9 Å². The summed E-state index contributed by atoms with van der Waals surface area (Å²) >= 11 is 0. The number of ether oxygens (including phenoxy) is 1. The predicted molar refractivity (Wildman–Crippen MR) is 117 cm³/mol. The van der Waals surface area contributed by atoms with Crippen molar-refractivity contribution in [2.24, 2.45) is 0 Å². The Balaban J connectivity index is 1.41. The van der Waals surface area contributed by atoms with E-state index >= 15 is 0 Å². The van der Waals surface area contributed by atoms with Gasteiger partial charge in [-0.05, 0) is 53.6 Å². The maximum atomic E-state index is 13.1. The van der Waals surface area contributed by atoms with Crippen molar-refractivity contribution in [3.63, 3.8) is 0 Å². The lowest BCUT2D eigenvalue weighted by atomic mass is 10.2. The summed E-state index contributed by atoms with van der Waals surface area (Å²) < 4.78 is 10.5. The van der Waals surface area contributed by atoms with E-state index in [-0.39, 0.29) is 12.3 Å². The molecule has 4 aromatic rings. The lowest BCUT2D eigenvalue weighted by Gasteiger charge is -2.22. The molecule has 0 aliphatic heterocycles. The molecule has 1 aromatic carbocycles. The minimum Gasteiger partial charge on any atom is -0.497 e. The van der Waals surface area contributed by atoms with Crippen LogP contribution in [0.3, 0.4) is 0 Å².